The highest BCUT2D eigenvalue weighted by atomic mass is 32.2. The molecule has 3 aromatic rings. The van der Waals surface area contributed by atoms with Crippen molar-refractivity contribution in [2.75, 3.05) is 13.2 Å². The third-order valence-electron chi connectivity index (χ3n) is 4.74. The lowest BCUT2D eigenvalue weighted by Crippen LogP contribution is -2.31. The molecule has 1 unspecified atom stereocenters. The number of nitrogens with one attached hydrogen (secondary N) is 2. The normalized spacial score (nSPS) is 16.9. The molecule has 152 valence electrons. The van der Waals surface area contributed by atoms with Crippen molar-refractivity contribution in [3.05, 3.63) is 60.0 Å². The standard InChI is InChI=1S/C19H21N5O4S/c25-19(20-13-18-23-22-17-5-1-2-10-24(17)18)14-6-8-16(9-7-14)29(26,27)21-12-15-4-3-11-28-15/h1-2,5-10,15,21H,3-4,11-13H2,(H,20,25). The van der Waals surface area contributed by atoms with E-state index in [9.17, 15) is 13.2 Å². The molecule has 1 amide bonds. The molecule has 1 fully saturated rings. The number of benzene rings is 1. The van der Waals surface area contributed by atoms with E-state index in [1.807, 2.05) is 24.4 Å². The lowest BCUT2D eigenvalue weighted by Gasteiger charge is -2.11. The molecule has 2 N–H and O–H groups in total. The Kier molecular flexibility index (Phi) is 5.56. The summed E-state index contributed by atoms with van der Waals surface area (Å²) in [5.41, 5.74) is 1.05. The van der Waals surface area contributed by atoms with Gasteiger partial charge in [-0.3, -0.25) is 9.20 Å². The van der Waals surface area contributed by atoms with Gasteiger partial charge in [-0.25, -0.2) is 13.1 Å². The highest BCUT2D eigenvalue weighted by molar-refractivity contribution is 7.89. The Bertz CT molecular complexity index is 1110. The average Bonchev–Trinajstić information content (AvgIpc) is 3.41. The van der Waals surface area contributed by atoms with Gasteiger partial charge in [-0.05, 0) is 49.2 Å². The zero-order valence-electron chi connectivity index (χ0n) is 15.6. The molecule has 0 radical (unpaired) electrons. The second kappa shape index (κ2) is 8.27. The first-order valence-corrected chi connectivity index (χ1v) is 10.8. The molecule has 1 atom stereocenters. The largest absolute Gasteiger partial charge is 0.377 e. The predicted octanol–water partition coefficient (Wildman–Crippen LogP) is 1.12. The van der Waals surface area contributed by atoms with Crippen molar-refractivity contribution in [3.63, 3.8) is 0 Å². The van der Waals surface area contributed by atoms with Crippen LogP contribution in [-0.4, -0.2) is 48.2 Å². The quantitative estimate of drug-likeness (QED) is 0.598. The number of carbonyl (C=O) groups is 1. The Hall–Kier alpha value is -2.82. The first-order chi connectivity index (χ1) is 14.0. The minimum Gasteiger partial charge on any atom is -0.377 e. The predicted molar refractivity (Wildman–Crippen MR) is 105 cm³/mol. The molecule has 4 rings (SSSR count). The Morgan fingerprint density at radius 1 is 1.17 bits per heavy atom. The molecule has 0 bridgehead atoms. The second-order valence-electron chi connectivity index (χ2n) is 6.74. The summed E-state index contributed by atoms with van der Waals surface area (Å²) in [5, 5.41) is 10.9. The van der Waals surface area contributed by atoms with Crippen molar-refractivity contribution < 1.29 is 17.9 Å². The van der Waals surface area contributed by atoms with Crippen LogP contribution in [0.25, 0.3) is 5.65 Å². The molecule has 29 heavy (non-hydrogen) atoms. The van der Waals surface area contributed by atoms with Gasteiger partial charge in [0.15, 0.2) is 11.5 Å². The van der Waals surface area contributed by atoms with Crippen LogP contribution < -0.4 is 10.0 Å². The van der Waals surface area contributed by atoms with E-state index < -0.39 is 10.0 Å². The molecule has 2 aromatic heterocycles. The van der Waals surface area contributed by atoms with E-state index in [0.29, 0.717) is 23.6 Å². The van der Waals surface area contributed by atoms with Crippen LogP contribution in [0.3, 0.4) is 0 Å². The molecule has 0 saturated carbocycles. The molecule has 0 aliphatic carbocycles. The minimum atomic E-state index is -3.65. The van der Waals surface area contributed by atoms with Crippen molar-refractivity contribution in [1.82, 2.24) is 24.6 Å². The average molecular weight is 415 g/mol. The van der Waals surface area contributed by atoms with Gasteiger partial charge < -0.3 is 10.1 Å². The molecule has 1 saturated heterocycles. The number of nitrogens with zero attached hydrogens (tertiary/aromatic N) is 3. The number of aromatic nitrogens is 3. The van der Waals surface area contributed by atoms with Gasteiger partial charge >= 0.3 is 0 Å². The number of fused-ring (bicyclic) bond motifs is 1. The van der Waals surface area contributed by atoms with E-state index in [2.05, 4.69) is 20.2 Å². The van der Waals surface area contributed by atoms with Gasteiger partial charge in [-0.2, -0.15) is 0 Å². The van der Waals surface area contributed by atoms with Crippen LogP contribution in [0.5, 0.6) is 0 Å². The summed E-state index contributed by atoms with van der Waals surface area (Å²) in [4.78, 5) is 12.5. The van der Waals surface area contributed by atoms with Gasteiger partial charge in [0.2, 0.25) is 10.0 Å². The highest BCUT2D eigenvalue weighted by Crippen LogP contribution is 2.14. The zero-order valence-corrected chi connectivity index (χ0v) is 16.4. The van der Waals surface area contributed by atoms with E-state index in [1.54, 1.807) is 4.40 Å². The summed E-state index contributed by atoms with van der Waals surface area (Å²) in [6.45, 7) is 1.12. The first-order valence-electron chi connectivity index (χ1n) is 9.31. The van der Waals surface area contributed by atoms with Gasteiger partial charge in [-0.1, -0.05) is 6.07 Å². The molecule has 1 aromatic carbocycles. The van der Waals surface area contributed by atoms with Gasteiger partial charge in [0.05, 0.1) is 17.5 Å². The highest BCUT2D eigenvalue weighted by Gasteiger charge is 2.20. The van der Waals surface area contributed by atoms with Crippen LogP contribution in [0.15, 0.2) is 53.6 Å². The van der Waals surface area contributed by atoms with Gasteiger partial charge in [0, 0.05) is 24.9 Å². The minimum absolute atomic E-state index is 0.0805. The number of sulfonamides is 1. The Balaban J connectivity index is 1.37. The number of hydrogen-bond donors (Lipinski definition) is 2. The number of amides is 1. The first kappa shape index (κ1) is 19.5. The summed E-state index contributed by atoms with van der Waals surface area (Å²) in [6, 6.07) is 11.3. The molecule has 0 spiro atoms. The van der Waals surface area contributed by atoms with Crippen LogP contribution >= 0.6 is 0 Å². The molecular weight excluding hydrogens is 394 g/mol. The summed E-state index contributed by atoms with van der Waals surface area (Å²) in [6.07, 6.45) is 3.53. The molecule has 10 heteroatoms. The Labute approximate surface area is 168 Å². The van der Waals surface area contributed by atoms with E-state index in [0.717, 1.165) is 12.8 Å². The van der Waals surface area contributed by atoms with Crippen LogP contribution in [-0.2, 0) is 21.3 Å². The fourth-order valence-electron chi connectivity index (χ4n) is 3.15. The topological polar surface area (TPSA) is 115 Å². The maximum absolute atomic E-state index is 12.4. The monoisotopic (exact) mass is 415 g/mol. The third kappa shape index (κ3) is 4.44. The Morgan fingerprint density at radius 2 is 2.00 bits per heavy atom. The Morgan fingerprint density at radius 3 is 2.76 bits per heavy atom. The number of pyridine rings is 1. The van der Waals surface area contributed by atoms with Gasteiger partial charge in [-0.15, -0.1) is 10.2 Å². The van der Waals surface area contributed by atoms with Crippen molar-refractivity contribution in [2.24, 2.45) is 0 Å². The fourth-order valence-corrected chi connectivity index (χ4v) is 4.22. The van der Waals surface area contributed by atoms with Crippen molar-refractivity contribution in [2.45, 2.75) is 30.4 Å². The summed E-state index contributed by atoms with van der Waals surface area (Å²) in [7, 11) is -3.65. The smallest absolute Gasteiger partial charge is 0.251 e. The van der Waals surface area contributed by atoms with E-state index in [4.69, 9.17) is 4.74 Å². The van der Waals surface area contributed by atoms with Crippen molar-refractivity contribution in [3.8, 4) is 0 Å². The van der Waals surface area contributed by atoms with Gasteiger partial charge in [0.1, 0.15) is 0 Å². The number of hydrogen-bond acceptors (Lipinski definition) is 6. The van der Waals surface area contributed by atoms with Crippen LogP contribution in [0.2, 0.25) is 0 Å². The van der Waals surface area contributed by atoms with Crippen molar-refractivity contribution >= 4 is 21.6 Å². The zero-order chi connectivity index (χ0) is 20.3. The van der Waals surface area contributed by atoms with E-state index >= 15 is 0 Å². The third-order valence-corrected chi connectivity index (χ3v) is 6.18. The van der Waals surface area contributed by atoms with Gasteiger partial charge in [0.25, 0.3) is 5.91 Å². The van der Waals surface area contributed by atoms with E-state index in [1.165, 1.54) is 24.3 Å². The maximum atomic E-state index is 12.4. The molecule has 9 nitrogen and oxygen atoms in total. The van der Waals surface area contributed by atoms with Crippen LogP contribution in [0.4, 0.5) is 0 Å². The van der Waals surface area contributed by atoms with Crippen LogP contribution in [0, 0.1) is 0 Å². The summed E-state index contributed by atoms with van der Waals surface area (Å²) in [5.74, 6) is 0.278. The summed E-state index contributed by atoms with van der Waals surface area (Å²) < 4.78 is 34.6. The maximum Gasteiger partial charge on any atom is 0.251 e. The molecule has 3 heterocycles. The lowest BCUT2D eigenvalue weighted by molar-refractivity contribution is 0.0949. The number of rotatable bonds is 7. The number of carbonyl (C=O) groups excluding carboxylic acids is 1. The molecule has 1 aliphatic heterocycles. The second-order valence-corrected chi connectivity index (χ2v) is 8.51. The number of ether oxygens (including phenoxy) is 1. The van der Waals surface area contributed by atoms with E-state index in [-0.39, 0.29) is 30.0 Å². The molecular formula is C19H21N5O4S. The lowest BCUT2D eigenvalue weighted by atomic mass is 10.2. The summed E-state index contributed by atoms with van der Waals surface area (Å²) >= 11 is 0. The van der Waals surface area contributed by atoms with Crippen LogP contribution in [0.1, 0.15) is 29.0 Å². The molecule has 1 aliphatic rings. The SMILES string of the molecule is O=C(NCc1nnc2ccccn12)c1ccc(S(=O)(=O)NCC2CCCO2)cc1. The fraction of sp³-hybridized carbons (Fsp3) is 0.316. The van der Waals surface area contributed by atoms with Crippen molar-refractivity contribution in [1.29, 1.82) is 0 Å².